The Morgan fingerprint density at radius 1 is 1.38 bits per heavy atom. The molecule has 1 aromatic carbocycles. The van der Waals surface area contributed by atoms with Gasteiger partial charge in [0.1, 0.15) is 5.82 Å². The second kappa shape index (κ2) is 5.07. The fraction of sp³-hybridized carbons (Fsp3) is 0.357. The summed E-state index contributed by atoms with van der Waals surface area (Å²) in [5, 5.41) is 3.31. The zero-order valence-electron chi connectivity index (χ0n) is 12.0. The molecule has 1 aliphatic heterocycles. The van der Waals surface area contributed by atoms with Gasteiger partial charge in [0.2, 0.25) is 0 Å². The smallest absolute Gasteiger partial charge is 0.281 e. The number of sulfonamides is 1. The third-order valence-electron chi connectivity index (χ3n) is 3.68. The molecule has 0 radical (unpaired) electrons. The molecular weight excluding hydrogens is 288 g/mol. The first-order valence-corrected chi connectivity index (χ1v) is 8.34. The summed E-state index contributed by atoms with van der Waals surface area (Å²) in [6, 6.07) is 5.65. The van der Waals surface area contributed by atoms with Gasteiger partial charge in [0.05, 0.1) is 11.4 Å². The summed E-state index contributed by atoms with van der Waals surface area (Å²) < 4.78 is 29.2. The van der Waals surface area contributed by atoms with Crippen LogP contribution in [-0.2, 0) is 23.5 Å². The molecule has 0 amide bonds. The van der Waals surface area contributed by atoms with E-state index in [1.54, 1.807) is 24.6 Å². The highest BCUT2D eigenvalue weighted by Crippen LogP contribution is 2.31. The monoisotopic (exact) mass is 306 g/mol. The molecule has 2 heterocycles. The van der Waals surface area contributed by atoms with Gasteiger partial charge in [-0.2, -0.15) is 8.42 Å². The highest BCUT2D eigenvalue weighted by Gasteiger charge is 2.21. The fourth-order valence-electron chi connectivity index (χ4n) is 2.45. The molecule has 1 aromatic heterocycles. The maximum absolute atomic E-state index is 12.4. The standard InChI is InChI=1S/C14H18N4O2S/c1-10-16-13(9-18(10)2)21(19,20)17-12-7-3-5-11-6-4-8-15-14(11)12/h3,5,7,9,15,17H,4,6,8H2,1-2H3. The molecule has 0 saturated carbocycles. The summed E-state index contributed by atoms with van der Waals surface area (Å²) in [5.41, 5.74) is 2.59. The van der Waals surface area contributed by atoms with Gasteiger partial charge >= 0.3 is 0 Å². The molecule has 2 N–H and O–H groups in total. The quantitative estimate of drug-likeness (QED) is 0.908. The Bertz CT molecular complexity index is 761. The SMILES string of the molecule is Cc1nc(S(=O)(=O)Nc2cccc3c2NCCC3)cn1C. The molecule has 0 saturated heterocycles. The van der Waals surface area contributed by atoms with Crippen LogP contribution in [0, 0.1) is 6.92 Å². The minimum absolute atomic E-state index is 0.0379. The molecule has 0 unspecified atom stereocenters. The third-order valence-corrected chi connectivity index (χ3v) is 4.92. The van der Waals surface area contributed by atoms with Crippen molar-refractivity contribution in [1.82, 2.24) is 9.55 Å². The first-order valence-electron chi connectivity index (χ1n) is 6.86. The summed E-state index contributed by atoms with van der Waals surface area (Å²) in [7, 11) is -1.90. The lowest BCUT2D eigenvalue weighted by Crippen LogP contribution is -2.18. The van der Waals surface area contributed by atoms with E-state index >= 15 is 0 Å². The Kier molecular flexibility index (Phi) is 3.36. The summed E-state index contributed by atoms with van der Waals surface area (Å²) in [6.07, 6.45) is 3.53. The van der Waals surface area contributed by atoms with Crippen LogP contribution >= 0.6 is 0 Å². The minimum Gasteiger partial charge on any atom is -0.383 e. The number of hydrogen-bond donors (Lipinski definition) is 2. The van der Waals surface area contributed by atoms with Crippen LogP contribution in [0.2, 0.25) is 0 Å². The van der Waals surface area contributed by atoms with Crippen LogP contribution in [0.1, 0.15) is 17.8 Å². The van der Waals surface area contributed by atoms with Crippen molar-refractivity contribution in [1.29, 1.82) is 0 Å². The largest absolute Gasteiger partial charge is 0.383 e. The summed E-state index contributed by atoms with van der Waals surface area (Å²) in [5.74, 6) is 0.656. The number of aryl methyl sites for hydroxylation is 3. The van der Waals surface area contributed by atoms with Gasteiger partial charge in [-0.3, -0.25) is 4.72 Å². The number of hydrogen-bond acceptors (Lipinski definition) is 4. The predicted molar refractivity (Wildman–Crippen MR) is 82.0 cm³/mol. The van der Waals surface area contributed by atoms with E-state index in [1.807, 2.05) is 12.1 Å². The number of nitrogens with one attached hydrogen (secondary N) is 2. The number of fused-ring (bicyclic) bond motifs is 1. The maximum atomic E-state index is 12.4. The summed E-state index contributed by atoms with van der Waals surface area (Å²) >= 11 is 0. The van der Waals surface area contributed by atoms with Crippen molar-refractivity contribution in [3.8, 4) is 0 Å². The molecule has 7 heteroatoms. The van der Waals surface area contributed by atoms with Gasteiger partial charge in [-0.05, 0) is 31.4 Å². The normalized spacial score (nSPS) is 14.4. The molecule has 2 aromatic rings. The fourth-order valence-corrected chi connectivity index (χ4v) is 3.56. The number of anilines is 2. The molecule has 21 heavy (non-hydrogen) atoms. The third kappa shape index (κ3) is 2.61. The lowest BCUT2D eigenvalue weighted by Gasteiger charge is -2.21. The molecule has 0 bridgehead atoms. The van der Waals surface area contributed by atoms with Crippen LogP contribution in [0.15, 0.2) is 29.4 Å². The average Bonchev–Trinajstić information content (AvgIpc) is 2.80. The van der Waals surface area contributed by atoms with Crippen molar-refractivity contribution >= 4 is 21.4 Å². The maximum Gasteiger partial charge on any atom is 0.281 e. The van der Waals surface area contributed by atoms with Gasteiger partial charge < -0.3 is 9.88 Å². The van der Waals surface area contributed by atoms with Gasteiger partial charge in [-0.15, -0.1) is 0 Å². The lowest BCUT2D eigenvalue weighted by molar-refractivity contribution is 0.598. The van der Waals surface area contributed by atoms with E-state index in [1.165, 1.54) is 6.20 Å². The second-order valence-corrected chi connectivity index (χ2v) is 6.84. The molecule has 3 rings (SSSR count). The van der Waals surface area contributed by atoms with Crippen molar-refractivity contribution in [2.45, 2.75) is 24.8 Å². The highest BCUT2D eigenvalue weighted by atomic mass is 32.2. The van der Waals surface area contributed by atoms with Crippen LogP contribution in [0.3, 0.4) is 0 Å². The Morgan fingerprint density at radius 2 is 2.19 bits per heavy atom. The number of nitrogens with zero attached hydrogens (tertiary/aromatic N) is 2. The van der Waals surface area contributed by atoms with E-state index in [9.17, 15) is 8.42 Å². The van der Waals surface area contributed by atoms with Gasteiger partial charge in [0, 0.05) is 19.8 Å². The van der Waals surface area contributed by atoms with Crippen LogP contribution in [0.4, 0.5) is 11.4 Å². The summed E-state index contributed by atoms with van der Waals surface area (Å²) in [6.45, 7) is 2.62. The van der Waals surface area contributed by atoms with E-state index in [2.05, 4.69) is 15.0 Å². The zero-order valence-corrected chi connectivity index (χ0v) is 12.9. The molecule has 0 atom stereocenters. The molecule has 1 aliphatic rings. The summed E-state index contributed by atoms with van der Waals surface area (Å²) in [4.78, 5) is 4.08. The van der Waals surface area contributed by atoms with E-state index in [4.69, 9.17) is 0 Å². The van der Waals surface area contributed by atoms with Crippen LogP contribution in [0.25, 0.3) is 0 Å². The van der Waals surface area contributed by atoms with E-state index in [-0.39, 0.29) is 5.03 Å². The lowest BCUT2D eigenvalue weighted by atomic mass is 10.0. The zero-order chi connectivity index (χ0) is 15.0. The second-order valence-electron chi connectivity index (χ2n) is 5.21. The van der Waals surface area contributed by atoms with Crippen molar-refractivity contribution in [3.63, 3.8) is 0 Å². The first-order chi connectivity index (χ1) is 9.97. The Morgan fingerprint density at radius 3 is 2.90 bits per heavy atom. The Balaban J connectivity index is 1.96. The number of para-hydroxylation sites is 1. The van der Waals surface area contributed by atoms with Crippen LogP contribution in [-0.4, -0.2) is 24.5 Å². The van der Waals surface area contributed by atoms with E-state index in [0.717, 1.165) is 30.6 Å². The van der Waals surface area contributed by atoms with Crippen LogP contribution in [0.5, 0.6) is 0 Å². The minimum atomic E-state index is -3.67. The van der Waals surface area contributed by atoms with Gasteiger partial charge in [-0.1, -0.05) is 12.1 Å². The molecular formula is C14H18N4O2S. The topological polar surface area (TPSA) is 76.0 Å². The molecule has 0 aliphatic carbocycles. The van der Waals surface area contributed by atoms with E-state index < -0.39 is 10.0 Å². The van der Waals surface area contributed by atoms with Crippen LogP contribution < -0.4 is 10.0 Å². The number of aromatic nitrogens is 2. The number of imidazole rings is 1. The van der Waals surface area contributed by atoms with Gasteiger partial charge in [-0.25, -0.2) is 4.98 Å². The molecule has 0 fully saturated rings. The van der Waals surface area contributed by atoms with E-state index in [0.29, 0.717) is 11.5 Å². The van der Waals surface area contributed by atoms with Crippen molar-refractivity contribution in [2.24, 2.45) is 7.05 Å². The number of rotatable bonds is 3. The average molecular weight is 306 g/mol. The van der Waals surface area contributed by atoms with Crippen molar-refractivity contribution in [3.05, 3.63) is 35.8 Å². The highest BCUT2D eigenvalue weighted by molar-refractivity contribution is 7.92. The molecule has 6 nitrogen and oxygen atoms in total. The van der Waals surface area contributed by atoms with Gasteiger partial charge in [0.15, 0.2) is 5.03 Å². The Labute approximate surface area is 124 Å². The Hall–Kier alpha value is -2.02. The number of benzene rings is 1. The predicted octanol–water partition coefficient (Wildman–Crippen LogP) is 1.89. The van der Waals surface area contributed by atoms with Gasteiger partial charge in [0.25, 0.3) is 10.0 Å². The molecule has 112 valence electrons. The van der Waals surface area contributed by atoms with Crippen molar-refractivity contribution < 1.29 is 8.42 Å². The first kappa shape index (κ1) is 13.9. The van der Waals surface area contributed by atoms with Crippen molar-refractivity contribution in [2.75, 3.05) is 16.6 Å². The molecule has 0 spiro atoms.